The van der Waals surface area contributed by atoms with E-state index in [-0.39, 0.29) is 5.41 Å². The molecule has 2 rings (SSSR count). The summed E-state index contributed by atoms with van der Waals surface area (Å²) in [5, 5.41) is 4.64. The zero-order chi connectivity index (χ0) is 15.8. The molecule has 21 heavy (non-hydrogen) atoms. The summed E-state index contributed by atoms with van der Waals surface area (Å²) >= 11 is 6.13. The molecular formula is C16H27ClN4. The second-order valence-electron chi connectivity index (χ2n) is 7.03. The molecule has 0 aliphatic rings. The van der Waals surface area contributed by atoms with Crippen LogP contribution in [0.4, 0.5) is 0 Å². The van der Waals surface area contributed by atoms with E-state index in [4.69, 9.17) is 16.6 Å². The molecule has 2 aromatic rings. The summed E-state index contributed by atoms with van der Waals surface area (Å²) in [6.45, 7) is 12.2. The maximum absolute atomic E-state index is 6.13. The summed E-state index contributed by atoms with van der Waals surface area (Å²) in [7, 11) is 2.00. The predicted molar refractivity (Wildman–Crippen MR) is 88.7 cm³/mol. The fourth-order valence-electron chi connectivity index (χ4n) is 2.53. The van der Waals surface area contributed by atoms with Crippen LogP contribution in [0.5, 0.6) is 0 Å². The van der Waals surface area contributed by atoms with Crippen LogP contribution in [-0.2, 0) is 25.9 Å². The first-order chi connectivity index (χ1) is 9.79. The van der Waals surface area contributed by atoms with Gasteiger partial charge in [0.1, 0.15) is 11.3 Å². The Bertz CT molecular complexity index is 618. The van der Waals surface area contributed by atoms with Gasteiger partial charge in [0.25, 0.3) is 0 Å². The fourth-order valence-corrected chi connectivity index (χ4v) is 2.74. The third-order valence-electron chi connectivity index (χ3n) is 4.41. The van der Waals surface area contributed by atoms with Crippen LogP contribution in [0.1, 0.15) is 52.6 Å². The lowest BCUT2D eigenvalue weighted by molar-refractivity contribution is 0.232. The summed E-state index contributed by atoms with van der Waals surface area (Å²) in [5.74, 6) is 1.92. The van der Waals surface area contributed by atoms with Gasteiger partial charge >= 0.3 is 0 Å². The molecule has 5 heteroatoms. The number of imidazole rings is 1. The van der Waals surface area contributed by atoms with Crippen molar-refractivity contribution in [3.63, 3.8) is 0 Å². The number of nitrogens with zero attached hydrogens (tertiary/aromatic N) is 4. The normalized spacial score (nSPS) is 14.0. The summed E-state index contributed by atoms with van der Waals surface area (Å²) in [6.07, 6.45) is 2.04. The fraction of sp³-hybridized carbons (Fsp3) is 0.750. The summed E-state index contributed by atoms with van der Waals surface area (Å²) in [5.41, 5.74) is 3.47. The monoisotopic (exact) mass is 310 g/mol. The highest BCUT2D eigenvalue weighted by atomic mass is 35.5. The molecule has 0 aliphatic carbocycles. The first-order valence-electron chi connectivity index (χ1n) is 7.76. The molecule has 0 radical (unpaired) electrons. The standard InChI is InChI=1S/C16H27ClN4/c1-7-8-12-14-15(20(6)19-12)21(13(9-17)18-14)10-11(2)16(3,4)5/h11H,7-10H2,1-6H3. The van der Waals surface area contributed by atoms with E-state index in [0.29, 0.717) is 11.8 Å². The van der Waals surface area contributed by atoms with Crippen LogP contribution in [0.3, 0.4) is 0 Å². The van der Waals surface area contributed by atoms with Crippen LogP contribution in [0.15, 0.2) is 0 Å². The Morgan fingerprint density at radius 3 is 2.48 bits per heavy atom. The van der Waals surface area contributed by atoms with Crippen molar-refractivity contribution in [1.29, 1.82) is 0 Å². The molecule has 0 saturated carbocycles. The van der Waals surface area contributed by atoms with Gasteiger partial charge in [0.15, 0.2) is 5.65 Å². The summed E-state index contributed by atoms with van der Waals surface area (Å²) < 4.78 is 4.21. The largest absolute Gasteiger partial charge is 0.312 e. The van der Waals surface area contributed by atoms with E-state index in [1.165, 1.54) is 0 Å². The van der Waals surface area contributed by atoms with Crippen LogP contribution in [0, 0.1) is 11.3 Å². The molecule has 0 bridgehead atoms. The second-order valence-corrected chi connectivity index (χ2v) is 7.30. The topological polar surface area (TPSA) is 35.6 Å². The van der Waals surface area contributed by atoms with Crippen LogP contribution < -0.4 is 0 Å². The molecule has 1 atom stereocenters. The quantitative estimate of drug-likeness (QED) is 0.778. The van der Waals surface area contributed by atoms with Gasteiger partial charge in [0.05, 0.1) is 11.6 Å². The minimum atomic E-state index is 0.255. The van der Waals surface area contributed by atoms with Gasteiger partial charge < -0.3 is 4.57 Å². The lowest BCUT2D eigenvalue weighted by Gasteiger charge is -2.28. The molecule has 0 fully saturated rings. The maximum atomic E-state index is 6.13. The molecule has 0 spiro atoms. The average molecular weight is 311 g/mol. The van der Waals surface area contributed by atoms with Crippen molar-refractivity contribution in [3.05, 3.63) is 11.5 Å². The first-order valence-corrected chi connectivity index (χ1v) is 8.30. The van der Waals surface area contributed by atoms with Crippen molar-refractivity contribution in [1.82, 2.24) is 19.3 Å². The second kappa shape index (κ2) is 5.99. The molecule has 0 aliphatic heterocycles. The Morgan fingerprint density at radius 1 is 1.29 bits per heavy atom. The zero-order valence-electron chi connectivity index (χ0n) is 14.1. The van der Waals surface area contributed by atoms with Crippen molar-refractivity contribution in [2.24, 2.45) is 18.4 Å². The van der Waals surface area contributed by atoms with Crippen molar-refractivity contribution < 1.29 is 0 Å². The van der Waals surface area contributed by atoms with Crippen molar-refractivity contribution in [3.8, 4) is 0 Å². The Kier molecular flexibility index (Phi) is 4.66. The van der Waals surface area contributed by atoms with Crippen LogP contribution in [0.25, 0.3) is 11.2 Å². The lowest BCUT2D eigenvalue weighted by Crippen LogP contribution is -2.23. The third-order valence-corrected chi connectivity index (χ3v) is 4.65. The van der Waals surface area contributed by atoms with Crippen LogP contribution >= 0.6 is 11.6 Å². The van der Waals surface area contributed by atoms with E-state index in [9.17, 15) is 0 Å². The molecule has 2 heterocycles. The first kappa shape index (κ1) is 16.3. The number of aryl methyl sites for hydroxylation is 2. The highest BCUT2D eigenvalue weighted by Crippen LogP contribution is 2.30. The van der Waals surface area contributed by atoms with Crippen molar-refractivity contribution in [2.45, 2.75) is 59.9 Å². The number of hydrogen-bond donors (Lipinski definition) is 0. The van der Waals surface area contributed by atoms with Crippen LogP contribution in [0.2, 0.25) is 0 Å². The van der Waals surface area contributed by atoms with Gasteiger partial charge in [0, 0.05) is 13.6 Å². The van der Waals surface area contributed by atoms with Crippen molar-refractivity contribution in [2.75, 3.05) is 0 Å². The van der Waals surface area contributed by atoms with Gasteiger partial charge in [-0.2, -0.15) is 5.10 Å². The Balaban J connectivity index is 2.51. The lowest BCUT2D eigenvalue weighted by atomic mass is 9.82. The molecular weight excluding hydrogens is 284 g/mol. The smallest absolute Gasteiger partial charge is 0.158 e. The molecule has 1 unspecified atom stereocenters. The van der Waals surface area contributed by atoms with Gasteiger partial charge in [-0.05, 0) is 17.8 Å². The van der Waals surface area contributed by atoms with Gasteiger partial charge in [-0.1, -0.05) is 41.0 Å². The molecule has 4 nitrogen and oxygen atoms in total. The van der Waals surface area contributed by atoms with Gasteiger partial charge in [-0.3, -0.25) is 4.68 Å². The van der Waals surface area contributed by atoms with Crippen LogP contribution in [-0.4, -0.2) is 19.3 Å². The molecule has 2 aromatic heterocycles. The molecule has 0 aromatic carbocycles. The number of rotatable bonds is 5. The van der Waals surface area contributed by atoms with E-state index < -0.39 is 0 Å². The maximum Gasteiger partial charge on any atom is 0.158 e. The number of hydrogen-bond acceptors (Lipinski definition) is 2. The molecule has 118 valence electrons. The molecule has 0 saturated heterocycles. The Labute approximate surface area is 132 Å². The predicted octanol–water partition coefficient (Wildman–Crippen LogP) is 4.14. The number of aromatic nitrogens is 4. The van der Waals surface area contributed by atoms with E-state index in [2.05, 4.69) is 44.3 Å². The molecule has 0 N–H and O–H groups in total. The van der Waals surface area contributed by atoms with Gasteiger partial charge in [-0.25, -0.2) is 4.98 Å². The van der Waals surface area contributed by atoms with E-state index in [0.717, 1.165) is 42.1 Å². The Morgan fingerprint density at radius 2 is 1.95 bits per heavy atom. The van der Waals surface area contributed by atoms with E-state index >= 15 is 0 Å². The minimum absolute atomic E-state index is 0.255. The number of halogens is 1. The average Bonchev–Trinajstić information content (AvgIpc) is 2.89. The van der Waals surface area contributed by atoms with Gasteiger partial charge in [0.2, 0.25) is 0 Å². The SMILES string of the molecule is CCCc1nn(C)c2c1nc(CCl)n2CC(C)C(C)(C)C. The number of fused-ring (bicyclic) bond motifs is 1. The Hall–Kier alpha value is -1.03. The highest BCUT2D eigenvalue weighted by molar-refractivity contribution is 6.16. The van der Waals surface area contributed by atoms with Crippen molar-refractivity contribution >= 4 is 22.8 Å². The van der Waals surface area contributed by atoms with Gasteiger partial charge in [-0.15, -0.1) is 11.6 Å². The van der Waals surface area contributed by atoms with E-state index in [1.54, 1.807) is 0 Å². The highest BCUT2D eigenvalue weighted by Gasteiger charge is 2.24. The minimum Gasteiger partial charge on any atom is -0.312 e. The zero-order valence-corrected chi connectivity index (χ0v) is 14.8. The molecule has 0 amide bonds. The summed E-state index contributed by atoms with van der Waals surface area (Å²) in [4.78, 5) is 4.75. The third kappa shape index (κ3) is 3.10. The number of alkyl halides is 1. The van der Waals surface area contributed by atoms with E-state index in [1.807, 2.05) is 11.7 Å². The summed E-state index contributed by atoms with van der Waals surface area (Å²) in [6, 6.07) is 0.